The number of fused-ring (bicyclic) bond motifs is 1. The molecule has 0 spiro atoms. The Morgan fingerprint density at radius 2 is 1.74 bits per heavy atom. The summed E-state index contributed by atoms with van der Waals surface area (Å²) in [6.45, 7) is 6.77. The van der Waals surface area contributed by atoms with Gasteiger partial charge in [0, 0.05) is 41.7 Å². The zero-order valence-electron chi connectivity index (χ0n) is 18.6. The monoisotopic (exact) mass is 414 g/mol. The number of nitrogens with one attached hydrogen (secondary N) is 1. The van der Waals surface area contributed by atoms with E-state index in [9.17, 15) is 9.59 Å². The minimum absolute atomic E-state index is 0.00679. The molecule has 1 aliphatic carbocycles. The zero-order chi connectivity index (χ0) is 22.0. The molecule has 0 amide bonds. The summed E-state index contributed by atoms with van der Waals surface area (Å²) < 4.78 is 0. The molecule has 4 rings (SSSR count). The summed E-state index contributed by atoms with van der Waals surface area (Å²) in [4.78, 5) is 34.1. The van der Waals surface area contributed by atoms with Crippen LogP contribution in [-0.4, -0.2) is 28.8 Å². The Bertz CT molecular complexity index is 1120. The Kier molecular flexibility index (Phi) is 6.17. The van der Waals surface area contributed by atoms with Crippen LogP contribution in [0, 0.1) is 19.8 Å². The number of benzene rings is 2. The molecule has 0 unspecified atom stereocenters. The summed E-state index contributed by atoms with van der Waals surface area (Å²) in [6, 6.07) is 16.3. The Morgan fingerprint density at radius 3 is 2.42 bits per heavy atom. The standard InChI is InChI=1S/C27H30N2O2/c1-4-23(27-25(30)15-20(16-26(27)31)19-8-6-5-7-9-19)28-13-12-21-18(3)29-24-11-10-17(2)14-22(21)24/h5-11,14,20,27,29H,4,12-13,15-16H2,1-3H3. The Morgan fingerprint density at radius 1 is 1.03 bits per heavy atom. The normalized spacial score (nSPS) is 19.9. The van der Waals surface area contributed by atoms with Gasteiger partial charge in [-0.05, 0) is 55.9 Å². The van der Waals surface area contributed by atoms with E-state index in [1.54, 1.807) is 0 Å². The van der Waals surface area contributed by atoms with E-state index in [0.29, 0.717) is 25.8 Å². The van der Waals surface area contributed by atoms with E-state index in [1.807, 2.05) is 37.3 Å². The van der Waals surface area contributed by atoms with Gasteiger partial charge in [-0.3, -0.25) is 14.6 Å². The number of ketones is 2. The van der Waals surface area contributed by atoms with Crippen LogP contribution >= 0.6 is 0 Å². The molecule has 0 radical (unpaired) electrons. The van der Waals surface area contributed by atoms with Gasteiger partial charge in [-0.2, -0.15) is 0 Å². The molecule has 1 heterocycles. The second-order valence-electron chi connectivity index (χ2n) is 8.64. The van der Waals surface area contributed by atoms with Crippen molar-refractivity contribution in [1.29, 1.82) is 0 Å². The van der Waals surface area contributed by atoms with E-state index >= 15 is 0 Å². The molecule has 160 valence electrons. The second kappa shape index (κ2) is 9.01. The molecule has 0 atom stereocenters. The van der Waals surface area contributed by atoms with Gasteiger partial charge in [0.05, 0.1) is 0 Å². The number of hydrogen-bond donors (Lipinski definition) is 1. The van der Waals surface area contributed by atoms with Crippen molar-refractivity contribution in [3.05, 3.63) is 70.9 Å². The van der Waals surface area contributed by atoms with Gasteiger partial charge in [-0.1, -0.05) is 48.9 Å². The third-order valence-electron chi connectivity index (χ3n) is 6.46. The molecule has 4 heteroatoms. The van der Waals surface area contributed by atoms with E-state index in [-0.39, 0.29) is 17.5 Å². The van der Waals surface area contributed by atoms with Gasteiger partial charge in [0.15, 0.2) is 0 Å². The number of carbonyl (C=O) groups excluding carboxylic acids is 2. The Labute approximate surface area is 183 Å². The van der Waals surface area contributed by atoms with Crippen LogP contribution in [0.3, 0.4) is 0 Å². The van der Waals surface area contributed by atoms with Gasteiger partial charge < -0.3 is 4.98 Å². The van der Waals surface area contributed by atoms with Crippen LogP contribution < -0.4 is 0 Å². The van der Waals surface area contributed by atoms with Gasteiger partial charge >= 0.3 is 0 Å². The highest BCUT2D eigenvalue weighted by Gasteiger charge is 2.38. The van der Waals surface area contributed by atoms with Crippen molar-refractivity contribution in [3.8, 4) is 0 Å². The average Bonchev–Trinajstić information content (AvgIpc) is 3.07. The topological polar surface area (TPSA) is 62.3 Å². The van der Waals surface area contributed by atoms with Crippen LogP contribution in [0.5, 0.6) is 0 Å². The highest BCUT2D eigenvalue weighted by molar-refractivity contribution is 6.22. The molecule has 1 saturated carbocycles. The number of carbonyl (C=O) groups is 2. The van der Waals surface area contributed by atoms with Gasteiger partial charge in [0.1, 0.15) is 17.5 Å². The number of hydrogen-bond acceptors (Lipinski definition) is 3. The fraction of sp³-hybridized carbons (Fsp3) is 0.370. The lowest BCUT2D eigenvalue weighted by atomic mass is 9.74. The molecule has 0 aliphatic heterocycles. The lowest BCUT2D eigenvalue weighted by Gasteiger charge is -2.27. The smallest absolute Gasteiger partial charge is 0.149 e. The average molecular weight is 415 g/mol. The molecule has 0 bridgehead atoms. The first-order valence-corrected chi connectivity index (χ1v) is 11.2. The molecule has 1 N–H and O–H groups in total. The Balaban J connectivity index is 1.49. The first kappa shape index (κ1) is 21.2. The number of nitrogens with zero attached hydrogens (tertiary/aromatic N) is 1. The molecule has 1 fully saturated rings. The third-order valence-corrected chi connectivity index (χ3v) is 6.46. The summed E-state index contributed by atoms with van der Waals surface area (Å²) in [5, 5.41) is 1.24. The van der Waals surface area contributed by atoms with Gasteiger partial charge in [-0.15, -0.1) is 0 Å². The van der Waals surface area contributed by atoms with E-state index in [0.717, 1.165) is 28.9 Å². The van der Waals surface area contributed by atoms with Gasteiger partial charge in [0.2, 0.25) is 0 Å². The van der Waals surface area contributed by atoms with Crippen LogP contribution in [0.15, 0.2) is 53.5 Å². The van der Waals surface area contributed by atoms with Crippen molar-refractivity contribution in [2.24, 2.45) is 10.9 Å². The van der Waals surface area contributed by atoms with Crippen molar-refractivity contribution in [3.63, 3.8) is 0 Å². The van der Waals surface area contributed by atoms with Crippen LogP contribution in [0.2, 0.25) is 0 Å². The maximum absolute atomic E-state index is 12.9. The van der Waals surface area contributed by atoms with Gasteiger partial charge in [-0.25, -0.2) is 0 Å². The van der Waals surface area contributed by atoms with Gasteiger partial charge in [0.25, 0.3) is 0 Å². The first-order chi connectivity index (χ1) is 15.0. The lowest BCUT2D eigenvalue weighted by molar-refractivity contribution is -0.133. The number of aromatic amines is 1. The van der Waals surface area contributed by atoms with Crippen LogP contribution in [-0.2, 0) is 16.0 Å². The summed E-state index contributed by atoms with van der Waals surface area (Å²) in [5.41, 5.74) is 6.62. The predicted octanol–water partition coefficient (Wildman–Crippen LogP) is 5.51. The maximum Gasteiger partial charge on any atom is 0.149 e. The Hall–Kier alpha value is -3.01. The molecular weight excluding hydrogens is 384 g/mol. The molecule has 1 aromatic heterocycles. The molecule has 4 nitrogen and oxygen atoms in total. The number of aryl methyl sites for hydroxylation is 2. The highest BCUT2D eigenvalue weighted by atomic mass is 16.2. The predicted molar refractivity (Wildman–Crippen MR) is 126 cm³/mol. The van der Waals surface area contributed by atoms with Crippen LogP contribution in [0.25, 0.3) is 10.9 Å². The summed E-state index contributed by atoms with van der Waals surface area (Å²) in [5.74, 6) is -0.627. The summed E-state index contributed by atoms with van der Waals surface area (Å²) >= 11 is 0. The van der Waals surface area contributed by atoms with Crippen molar-refractivity contribution >= 4 is 28.2 Å². The fourth-order valence-electron chi connectivity index (χ4n) is 4.84. The minimum Gasteiger partial charge on any atom is -0.358 e. The van der Waals surface area contributed by atoms with E-state index in [4.69, 9.17) is 4.99 Å². The second-order valence-corrected chi connectivity index (χ2v) is 8.64. The van der Waals surface area contributed by atoms with E-state index in [1.165, 1.54) is 16.5 Å². The van der Waals surface area contributed by atoms with Crippen LogP contribution in [0.4, 0.5) is 0 Å². The highest BCUT2D eigenvalue weighted by Crippen LogP contribution is 2.33. The van der Waals surface area contributed by atoms with Crippen LogP contribution in [0.1, 0.15) is 54.5 Å². The minimum atomic E-state index is -0.656. The van der Waals surface area contributed by atoms with E-state index < -0.39 is 5.92 Å². The molecule has 1 aliphatic rings. The van der Waals surface area contributed by atoms with Crippen molar-refractivity contribution in [2.45, 2.75) is 52.4 Å². The molecule has 31 heavy (non-hydrogen) atoms. The summed E-state index contributed by atoms with van der Waals surface area (Å²) in [6.07, 6.45) is 2.26. The van der Waals surface area contributed by atoms with Crippen molar-refractivity contribution < 1.29 is 9.59 Å². The SMILES string of the molecule is CCC(=NCCc1c(C)[nH]c2ccc(C)cc12)C1C(=O)CC(c2ccccc2)CC1=O. The number of H-pyrrole nitrogens is 1. The number of aliphatic imine (C=N–C) groups is 1. The zero-order valence-corrected chi connectivity index (χ0v) is 18.6. The first-order valence-electron chi connectivity index (χ1n) is 11.2. The molecule has 0 saturated heterocycles. The number of aromatic nitrogens is 1. The quantitative estimate of drug-likeness (QED) is 0.427. The van der Waals surface area contributed by atoms with Crippen molar-refractivity contribution in [1.82, 2.24) is 4.98 Å². The fourth-order valence-corrected chi connectivity index (χ4v) is 4.84. The van der Waals surface area contributed by atoms with Crippen molar-refractivity contribution in [2.75, 3.05) is 6.54 Å². The molecule has 3 aromatic rings. The number of Topliss-reactive ketones (excluding diaryl/α,β-unsaturated/α-hetero) is 2. The maximum atomic E-state index is 12.9. The largest absolute Gasteiger partial charge is 0.358 e. The molecular formula is C27H30N2O2. The third kappa shape index (κ3) is 4.39. The van der Waals surface area contributed by atoms with E-state index in [2.05, 4.69) is 37.0 Å². The number of rotatable bonds is 6. The molecule has 2 aromatic carbocycles. The lowest BCUT2D eigenvalue weighted by Crippen LogP contribution is -2.38. The summed E-state index contributed by atoms with van der Waals surface area (Å²) in [7, 11) is 0.